The van der Waals surface area contributed by atoms with Crippen molar-refractivity contribution in [2.24, 2.45) is 5.41 Å². The maximum absolute atomic E-state index is 12.5. The number of amides is 1. The van der Waals surface area contributed by atoms with Crippen LogP contribution in [0.5, 0.6) is 5.75 Å². The lowest BCUT2D eigenvalue weighted by atomic mass is 9.95. The predicted octanol–water partition coefficient (Wildman–Crippen LogP) is 5.35. The molecule has 0 aliphatic carbocycles. The van der Waals surface area contributed by atoms with E-state index in [0.717, 1.165) is 35.6 Å². The van der Waals surface area contributed by atoms with Gasteiger partial charge in [0, 0.05) is 12.0 Å². The zero-order chi connectivity index (χ0) is 21.9. The second-order valence-corrected chi connectivity index (χ2v) is 9.08. The largest absolute Gasteiger partial charge is 0.494 e. The molecule has 0 bridgehead atoms. The Morgan fingerprint density at radius 2 is 1.80 bits per heavy atom. The summed E-state index contributed by atoms with van der Waals surface area (Å²) in [5.41, 5.74) is 3.99. The van der Waals surface area contributed by atoms with Gasteiger partial charge in [-0.05, 0) is 62.6 Å². The van der Waals surface area contributed by atoms with Crippen LogP contribution in [0.3, 0.4) is 0 Å². The first kappa shape index (κ1) is 21.9. The predicted molar refractivity (Wildman–Crippen MR) is 122 cm³/mol. The highest BCUT2D eigenvalue weighted by atomic mass is 16.5. The van der Waals surface area contributed by atoms with Gasteiger partial charge in [0.1, 0.15) is 11.6 Å². The lowest BCUT2D eigenvalue weighted by Crippen LogP contribution is -2.37. The van der Waals surface area contributed by atoms with Crippen molar-refractivity contribution in [1.82, 2.24) is 14.9 Å². The summed E-state index contributed by atoms with van der Waals surface area (Å²) in [4.78, 5) is 17.3. The Morgan fingerprint density at radius 3 is 2.47 bits per heavy atom. The van der Waals surface area contributed by atoms with E-state index in [9.17, 15) is 4.79 Å². The summed E-state index contributed by atoms with van der Waals surface area (Å²) >= 11 is 0. The number of carbonyl (C=O) groups is 1. The van der Waals surface area contributed by atoms with E-state index >= 15 is 0 Å². The van der Waals surface area contributed by atoms with E-state index in [1.165, 1.54) is 11.1 Å². The number of hydrogen-bond donors (Lipinski definition) is 1. The van der Waals surface area contributed by atoms with Gasteiger partial charge < -0.3 is 14.6 Å². The van der Waals surface area contributed by atoms with Crippen LogP contribution in [0, 0.1) is 19.3 Å². The van der Waals surface area contributed by atoms with E-state index < -0.39 is 5.41 Å². The van der Waals surface area contributed by atoms with Gasteiger partial charge in [-0.3, -0.25) is 4.79 Å². The van der Waals surface area contributed by atoms with Crippen LogP contribution in [0.1, 0.15) is 57.1 Å². The molecule has 0 spiro atoms. The number of carbonyl (C=O) groups excluding carboxylic acids is 1. The molecule has 1 atom stereocenters. The number of aromatic nitrogens is 2. The molecule has 5 nitrogen and oxygen atoms in total. The zero-order valence-electron chi connectivity index (χ0n) is 19.0. The number of nitrogens with zero attached hydrogens (tertiary/aromatic N) is 2. The molecule has 5 heteroatoms. The van der Waals surface area contributed by atoms with Crippen molar-refractivity contribution in [2.75, 3.05) is 6.61 Å². The fraction of sp³-hybridized carbons (Fsp3) is 0.440. The highest BCUT2D eigenvalue weighted by Crippen LogP contribution is 2.23. The van der Waals surface area contributed by atoms with Crippen LogP contribution in [0.15, 0.2) is 42.5 Å². The Kier molecular flexibility index (Phi) is 6.49. The van der Waals surface area contributed by atoms with Crippen molar-refractivity contribution in [3.8, 4) is 5.75 Å². The molecular weight excluding hydrogens is 374 g/mol. The molecule has 3 aromatic rings. The highest BCUT2D eigenvalue weighted by Gasteiger charge is 2.25. The summed E-state index contributed by atoms with van der Waals surface area (Å²) in [6.07, 6.45) is 0.848. The molecule has 1 unspecified atom stereocenters. The minimum absolute atomic E-state index is 0.0201. The number of hydrogen-bond acceptors (Lipinski definition) is 3. The van der Waals surface area contributed by atoms with Gasteiger partial charge >= 0.3 is 0 Å². The van der Waals surface area contributed by atoms with E-state index in [2.05, 4.69) is 48.0 Å². The van der Waals surface area contributed by atoms with Crippen molar-refractivity contribution < 1.29 is 9.53 Å². The van der Waals surface area contributed by atoms with Crippen molar-refractivity contribution in [3.05, 3.63) is 59.4 Å². The molecule has 1 heterocycles. The number of rotatable bonds is 7. The summed E-state index contributed by atoms with van der Waals surface area (Å²) in [7, 11) is 0. The minimum Gasteiger partial charge on any atom is -0.494 e. The SMILES string of the molecule is Cc1cc(C)cc(OCCCn2c(C(C)NC(=O)C(C)(C)C)nc3ccccc32)c1. The van der Waals surface area contributed by atoms with Crippen LogP contribution in [0.2, 0.25) is 0 Å². The Labute approximate surface area is 179 Å². The Balaban J connectivity index is 1.73. The van der Waals surface area contributed by atoms with E-state index in [4.69, 9.17) is 9.72 Å². The summed E-state index contributed by atoms with van der Waals surface area (Å²) < 4.78 is 8.19. The van der Waals surface area contributed by atoms with Gasteiger partial charge in [-0.25, -0.2) is 4.98 Å². The number of imidazole rings is 1. The number of nitrogens with one attached hydrogen (secondary N) is 1. The fourth-order valence-corrected chi connectivity index (χ4v) is 3.57. The molecule has 1 aromatic heterocycles. The normalized spacial score (nSPS) is 12.7. The summed E-state index contributed by atoms with van der Waals surface area (Å²) in [6, 6.07) is 14.2. The third kappa shape index (κ3) is 5.21. The number of para-hydroxylation sites is 2. The molecule has 0 radical (unpaired) electrons. The topological polar surface area (TPSA) is 56.1 Å². The van der Waals surface area contributed by atoms with E-state index in [0.29, 0.717) is 6.61 Å². The van der Waals surface area contributed by atoms with Gasteiger partial charge in [-0.1, -0.05) is 39.0 Å². The molecule has 2 aromatic carbocycles. The highest BCUT2D eigenvalue weighted by molar-refractivity contribution is 5.82. The third-order valence-corrected chi connectivity index (χ3v) is 5.09. The number of fused-ring (bicyclic) bond motifs is 1. The average Bonchev–Trinajstić information content (AvgIpc) is 3.02. The number of aryl methyl sites for hydroxylation is 3. The molecule has 1 amide bonds. The molecule has 3 rings (SSSR count). The Morgan fingerprint density at radius 1 is 1.13 bits per heavy atom. The Hall–Kier alpha value is -2.82. The first-order valence-electron chi connectivity index (χ1n) is 10.6. The monoisotopic (exact) mass is 407 g/mol. The van der Waals surface area contributed by atoms with Crippen LogP contribution >= 0.6 is 0 Å². The van der Waals surface area contributed by atoms with Crippen LogP contribution < -0.4 is 10.1 Å². The van der Waals surface area contributed by atoms with Gasteiger partial charge in [-0.2, -0.15) is 0 Å². The lowest BCUT2D eigenvalue weighted by molar-refractivity contribution is -0.129. The third-order valence-electron chi connectivity index (χ3n) is 5.09. The van der Waals surface area contributed by atoms with Crippen LogP contribution in [0.4, 0.5) is 0 Å². The molecule has 30 heavy (non-hydrogen) atoms. The fourth-order valence-electron chi connectivity index (χ4n) is 3.57. The molecule has 0 saturated heterocycles. The van der Waals surface area contributed by atoms with Crippen LogP contribution in [-0.2, 0) is 11.3 Å². The first-order valence-corrected chi connectivity index (χ1v) is 10.6. The van der Waals surface area contributed by atoms with Crippen LogP contribution in [0.25, 0.3) is 11.0 Å². The number of benzene rings is 2. The van der Waals surface area contributed by atoms with Crippen molar-refractivity contribution >= 4 is 16.9 Å². The summed E-state index contributed by atoms with van der Waals surface area (Å²) in [5, 5.41) is 3.11. The summed E-state index contributed by atoms with van der Waals surface area (Å²) in [5.74, 6) is 1.81. The van der Waals surface area contributed by atoms with Crippen molar-refractivity contribution in [2.45, 2.75) is 60.5 Å². The van der Waals surface area contributed by atoms with Crippen molar-refractivity contribution in [1.29, 1.82) is 0 Å². The standard InChI is InChI=1S/C25H33N3O2/c1-17-14-18(2)16-20(15-17)30-13-9-12-28-22-11-8-7-10-21(22)27-23(28)19(3)26-24(29)25(4,5)6/h7-8,10-11,14-16,19H,9,12-13H2,1-6H3,(H,26,29). The minimum atomic E-state index is -0.440. The maximum atomic E-state index is 12.5. The van der Waals surface area contributed by atoms with Crippen molar-refractivity contribution in [3.63, 3.8) is 0 Å². The Bertz CT molecular complexity index is 1010. The smallest absolute Gasteiger partial charge is 0.225 e. The van der Waals surface area contributed by atoms with E-state index in [1.54, 1.807) is 0 Å². The molecular formula is C25H33N3O2. The summed E-state index contributed by atoms with van der Waals surface area (Å²) in [6.45, 7) is 13.3. The maximum Gasteiger partial charge on any atom is 0.225 e. The lowest BCUT2D eigenvalue weighted by Gasteiger charge is -2.22. The van der Waals surface area contributed by atoms with Crippen LogP contribution in [-0.4, -0.2) is 22.1 Å². The van der Waals surface area contributed by atoms with Gasteiger partial charge in [0.05, 0.1) is 23.7 Å². The quantitative estimate of drug-likeness (QED) is 0.538. The second-order valence-electron chi connectivity index (χ2n) is 9.08. The van der Waals surface area contributed by atoms with Gasteiger partial charge in [0.2, 0.25) is 5.91 Å². The molecule has 0 fully saturated rings. The molecule has 1 N–H and O–H groups in total. The average molecular weight is 408 g/mol. The second kappa shape index (κ2) is 8.90. The van der Waals surface area contributed by atoms with Gasteiger partial charge in [-0.15, -0.1) is 0 Å². The molecule has 0 aliphatic rings. The first-order chi connectivity index (χ1) is 14.1. The number of ether oxygens (including phenoxy) is 1. The molecule has 160 valence electrons. The van der Waals surface area contributed by atoms with Gasteiger partial charge in [0.25, 0.3) is 0 Å². The zero-order valence-corrected chi connectivity index (χ0v) is 19.0. The molecule has 0 aliphatic heterocycles. The molecule has 0 saturated carbocycles. The van der Waals surface area contributed by atoms with Gasteiger partial charge in [0.15, 0.2) is 0 Å². The van der Waals surface area contributed by atoms with E-state index in [1.807, 2.05) is 45.9 Å². The van der Waals surface area contributed by atoms with E-state index in [-0.39, 0.29) is 11.9 Å².